The van der Waals surface area contributed by atoms with Crippen LogP contribution in [0.25, 0.3) is 0 Å². The number of ether oxygens (including phenoxy) is 2. The SMILES string of the molecule is COc1ccccc1C(=O)N1CCC(Oc2ccc(N(C)C)nn2)C1. The number of anilines is 1. The molecule has 25 heavy (non-hydrogen) atoms. The fourth-order valence-corrected chi connectivity index (χ4v) is 2.79. The fourth-order valence-electron chi connectivity index (χ4n) is 2.79. The number of rotatable bonds is 5. The van der Waals surface area contributed by atoms with Gasteiger partial charge in [-0.05, 0) is 18.2 Å². The second kappa shape index (κ2) is 7.38. The molecule has 7 nitrogen and oxygen atoms in total. The Morgan fingerprint density at radius 3 is 2.68 bits per heavy atom. The minimum atomic E-state index is -0.0850. The number of carbonyl (C=O) groups excluding carboxylic acids is 1. The molecule has 3 rings (SSSR count). The van der Waals surface area contributed by atoms with Crippen LogP contribution in [0, 0.1) is 0 Å². The molecule has 1 atom stereocenters. The largest absolute Gasteiger partial charge is 0.496 e. The molecule has 1 amide bonds. The topological polar surface area (TPSA) is 67.8 Å². The number of methoxy groups -OCH3 is 1. The van der Waals surface area contributed by atoms with Gasteiger partial charge in [0.2, 0.25) is 5.88 Å². The molecular weight excluding hydrogens is 320 g/mol. The van der Waals surface area contributed by atoms with Crippen molar-refractivity contribution in [3.63, 3.8) is 0 Å². The molecular formula is C18H22N4O3. The Hall–Kier alpha value is -2.83. The summed E-state index contributed by atoms with van der Waals surface area (Å²) in [6.07, 6.45) is 0.677. The highest BCUT2D eigenvalue weighted by atomic mass is 16.5. The van der Waals surface area contributed by atoms with Crippen LogP contribution >= 0.6 is 0 Å². The quantitative estimate of drug-likeness (QED) is 0.826. The highest BCUT2D eigenvalue weighted by Gasteiger charge is 2.29. The molecule has 0 spiro atoms. The normalized spacial score (nSPS) is 16.6. The Bertz CT molecular complexity index is 733. The van der Waals surface area contributed by atoms with Gasteiger partial charge in [-0.25, -0.2) is 0 Å². The molecule has 0 radical (unpaired) electrons. The number of likely N-dealkylation sites (tertiary alicyclic amines) is 1. The highest BCUT2D eigenvalue weighted by Crippen LogP contribution is 2.23. The number of hydrogen-bond donors (Lipinski definition) is 0. The summed E-state index contributed by atoms with van der Waals surface area (Å²) >= 11 is 0. The average molecular weight is 342 g/mol. The van der Waals surface area contributed by atoms with Gasteiger partial charge in [-0.15, -0.1) is 10.2 Å². The average Bonchev–Trinajstić information content (AvgIpc) is 3.10. The van der Waals surface area contributed by atoms with Crippen LogP contribution in [0.15, 0.2) is 36.4 Å². The lowest BCUT2D eigenvalue weighted by Gasteiger charge is -2.18. The summed E-state index contributed by atoms with van der Waals surface area (Å²) in [7, 11) is 5.38. The predicted octanol–water partition coefficient (Wildman–Crippen LogP) is 1.84. The molecule has 0 N–H and O–H groups in total. The molecule has 1 aromatic carbocycles. The van der Waals surface area contributed by atoms with Crippen molar-refractivity contribution < 1.29 is 14.3 Å². The summed E-state index contributed by atoms with van der Waals surface area (Å²) in [5.41, 5.74) is 0.570. The molecule has 1 aliphatic heterocycles. The standard InChI is InChI=1S/C18H22N4O3/c1-21(2)16-8-9-17(20-19-16)25-13-10-11-22(12-13)18(23)14-6-4-5-7-15(14)24-3/h4-9,13H,10-12H2,1-3H3. The molecule has 1 unspecified atom stereocenters. The van der Waals surface area contributed by atoms with Crippen molar-refractivity contribution in [3.05, 3.63) is 42.0 Å². The van der Waals surface area contributed by atoms with E-state index < -0.39 is 0 Å². The molecule has 1 saturated heterocycles. The van der Waals surface area contributed by atoms with Crippen molar-refractivity contribution in [3.8, 4) is 11.6 Å². The lowest BCUT2D eigenvalue weighted by Crippen LogP contribution is -2.31. The molecule has 1 aromatic heterocycles. The molecule has 1 fully saturated rings. The van der Waals surface area contributed by atoms with Crippen LogP contribution in [0.1, 0.15) is 16.8 Å². The van der Waals surface area contributed by atoms with Crippen molar-refractivity contribution in [2.45, 2.75) is 12.5 Å². The maximum atomic E-state index is 12.7. The number of amides is 1. The van der Waals surface area contributed by atoms with Crippen LogP contribution in [0.2, 0.25) is 0 Å². The molecule has 0 saturated carbocycles. The van der Waals surface area contributed by atoms with Crippen LogP contribution in [0.3, 0.4) is 0 Å². The molecule has 132 valence electrons. The first-order chi connectivity index (χ1) is 12.1. The Kier molecular flexibility index (Phi) is 5.02. The maximum Gasteiger partial charge on any atom is 0.257 e. The Labute approximate surface area is 147 Å². The molecule has 2 aromatic rings. The van der Waals surface area contributed by atoms with Gasteiger partial charge >= 0.3 is 0 Å². The molecule has 7 heteroatoms. The van der Waals surface area contributed by atoms with Crippen molar-refractivity contribution >= 4 is 11.7 Å². The third kappa shape index (κ3) is 3.81. The van der Waals surface area contributed by atoms with Gasteiger partial charge in [0.25, 0.3) is 5.91 Å². The van der Waals surface area contributed by atoms with Crippen molar-refractivity contribution in [2.24, 2.45) is 0 Å². The summed E-state index contributed by atoms with van der Waals surface area (Å²) in [4.78, 5) is 16.4. The van der Waals surface area contributed by atoms with Gasteiger partial charge in [0.1, 0.15) is 11.9 Å². The summed E-state index contributed by atoms with van der Waals surface area (Å²) < 4.78 is 11.1. The van der Waals surface area contributed by atoms with Crippen molar-refractivity contribution in [1.82, 2.24) is 15.1 Å². The Morgan fingerprint density at radius 2 is 2.00 bits per heavy atom. The zero-order chi connectivity index (χ0) is 17.8. The van der Waals surface area contributed by atoms with Crippen molar-refractivity contribution in [2.75, 3.05) is 39.2 Å². The lowest BCUT2D eigenvalue weighted by molar-refractivity contribution is 0.0767. The fraction of sp³-hybridized carbons (Fsp3) is 0.389. The van der Waals surface area contributed by atoms with E-state index in [1.165, 1.54) is 0 Å². The van der Waals surface area contributed by atoms with Gasteiger partial charge in [0.15, 0.2) is 5.82 Å². The highest BCUT2D eigenvalue weighted by molar-refractivity contribution is 5.97. The van der Waals surface area contributed by atoms with E-state index in [0.717, 1.165) is 12.2 Å². The van der Waals surface area contributed by atoms with Gasteiger partial charge < -0.3 is 19.3 Å². The second-order valence-corrected chi connectivity index (χ2v) is 6.10. The van der Waals surface area contributed by atoms with Gasteiger partial charge in [-0.1, -0.05) is 12.1 Å². The smallest absolute Gasteiger partial charge is 0.257 e. The predicted molar refractivity (Wildman–Crippen MR) is 94.3 cm³/mol. The zero-order valence-electron chi connectivity index (χ0n) is 14.7. The Balaban J connectivity index is 1.62. The second-order valence-electron chi connectivity index (χ2n) is 6.10. The minimum absolute atomic E-state index is 0.0439. The van der Waals surface area contributed by atoms with E-state index in [4.69, 9.17) is 9.47 Å². The number of aromatic nitrogens is 2. The summed E-state index contributed by atoms with van der Waals surface area (Å²) in [5.74, 6) is 1.79. The lowest BCUT2D eigenvalue weighted by atomic mass is 10.2. The number of nitrogens with zero attached hydrogens (tertiary/aromatic N) is 4. The number of hydrogen-bond acceptors (Lipinski definition) is 6. The van der Waals surface area contributed by atoms with Crippen LogP contribution in [0.5, 0.6) is 11.6 Å². The third-order valence-electron chi connectivity index (χ3n) is 4.14. The number of carbonyl (C=O) groups is 1. The van der Waals surface area contributed by atoms with Gasteiger partial charge in [-0.2, -0.15) is 0 Å². The maximum absolute atomic E-state index is 12.7. The van der Waals surface area contributed by atoms with Crippen molar-refractivity contribution in [1.29, 1.82) is 0 Å². The monoisotopic (exact) mass is 342 g/mol. The van der Waals surface area contributed by atoms with Gasteiger partial charge in [0.05, 0.1) is 19.2 Å². The van der Waals surface area contributed by atoms with Crippen LogP contribution in [-0.2, 0) is 0 Å². The van der Waals surface area contributed by atoms with E-state index in [0.29, 0.717) is 30.3 Å². The van der Waals surface area contributed by atoms with Crippen LogP contribution < -0.4 is 14.4 Å². The van der Waals surface area contributed by atoms with E-state index in [1.54, 1.807) is 30.2 Å². The number of para-hydroxylation sites is 1. The van der Waals surface area contributed by atoms with E-state index in [1.807, 2.05) is 37.2 Å². The van der Waals surface area contributed by atoms with E-state index in [9.17, 15) is 4.79 Å². The first-order valence-electron chi connectivity index (χ1n) is 8.18. The summed E-state index contributed by atoms with van der Waals surface area (Å²) in [6, 6.07) is 10.9. The van der Waals surface area contributed by atoms with Gasteiger partial charge in [-0.3, -0.25) is 4.79 Å². The van der Waals surface area contributed by atoms with E-state index in [2.05, 4.69) is 10.2 Å². The summed E-state index contributed by atoms with van der Waals surface area (Å²) in [6.45, 7) is 1.17. The Morgan fingerprint density at radius 1 is 1.20 bits per heavy atom. The van der Waals surface area contributed by atoms with Gasteiger partial charge in [0, 0.05) is 33.1 Å². The molecule has 0 bridgehead atoms. The van der Waals surface area contributed by atoms with Crippen LogP contribution in [0.4, 0.5) is 5.82 Å². The molecule has 2 heterocycles. The minimum Gasteiger partial charge on any atom is -0.496 e. The van der Waals surface area contributed by atoms with E-state index in [-0.39, 0.29) is 12.0 Å². The van der Waals surface area contributed by atoms with Crippen LogP contribution in [-0.4, -0.2) is 61.4 Å². The molecule has 0 aliphatic carbocycles. The summed E-state index contributed by atoms with van der Waals surface area (Å²) in [5, 5.41) is 8.18. The molecule has 1 aliphatic rings. The first kappa shape index (κ1) is 17.0. The first-order valence-corrected chi connectivity index (χ1v) is 8.18. The van der Waals surface area contributed by atoms with E-state index >= 15 is 0 Å². The number of benzene rings is 1. The third-order valence-corrected chi connectivity index (χ3v) is 4.14. The zero-order valence-corrected chi connectivity index (χ0v) is 14.7.